The van der Waals surface area contributed by atoms with E-state index >= 15 is 0 Å². The molecule has 0 saturated heterocycles. The third-order valence-electron chi connectivity index (χ3n) is 5.36. The van der Waals surface area contributed by atoms with Gasteiger partial charge in [0.1, 0.15) is 30.0 Å². The van der Waals surface area contributed by atoms with Gasteiger partial charge in [-0.05, 0) is 66.4 Å². The van der Waals surface area contributed by atoms with Crippen LogP contribution in [0.25, 0.3) is 0 Å². The number of phenols is 1. The summed E-state index contributed by atoms with van der Waals surface area (Å²) in [4.78, 5) is 53.4. The maximum absolute atomic E-state index is 14.1. The van der Waals surface area contributed by atoms with Crippen LogP contribution in [0.15, 0.2) is 18.2 Å². The van der Waals surface area contributed by atoms with Gasteiger partial charge in [0.2, 0.25) is 11.8 Å². The Bertz CT molecular complexity index is 977. The highest BCUT2D eigenvalue weighted by Gasteiger charge is 2.43. The Morgan fingerprint density at radius 1 is 1.05 bits per heavy atom. The molecule has 0 aromatic heterocycles. The van der Waals surface area contributed by atoms with Crippen molar-refractivity contribution in [2.75, 3.05) is 13.7 Å². The van der Waals surface area contributed by atoms with Gasteiger partial charge in [0.25, 0.3) is 0 Å². The first kappa shape index (κ1) is 31.7. The van der Waals surface area contributed by atoms with Crippen molar-refractivity contribution in [1.29, 1.82) is 0 Å². The van der Waals surface area contributed by atoms with E-state index in [1.807, 2.05) is 13.8 Å². The number of para-hydroxylation sites is 1. The molecular formula is C27H43N3O7. The van der Waals surface area contributed by atoms with Gasteiger partial charge in [0, 0.05) is 11.1 Å². The SMILES string of the molecule is COC(=O)CNC(=O)C(c1cccc(C)c1O)N(C(=O)C(CC(C)C)NC(=O)OC(C)(C)C)C(C)(C)C. The minimum absolute atomic E-state index is 0.0182. The maximum Gasteiger partial charge on any atom is 0.408 e. The van der Waals surface area contributed by atoms with Gasteiger partial charge < -0.3 is 30.1 Å². The molecule has 0 aliphatic rings. The first-order valence-electron chi connectivity index (χ1n) is 12.3. The molecule has 10 nitrogen and oxygen atoms in total. The monoisotopic (exact) mass is 521 g/mol. The molecule has 208 valence electrons. The number of aryl methyl sites for hydroxylation is 1. The molecule has 0 bridgehead atoms. The molecule has 0 spiro atoms. The van der Waals surface area contributed by atoms with Crippen LogP contribution in [0.4, 0.5) is 4.79 Å². The van der Waals surface area contributed by atoms with Gasteiger partial charge in [0.15, 0.2) is 0 Å². The topological polar surface area (TPSA) is 134 Å². The highest BCUT2D eigenvalue weighted by Crippen LogP contribution is 2.36. The lowest BCUT2D eigenvalue weighted by Crippen LogP contribution is -2.59. The van der Waals surface area contributed by atoms with Gasteiger partial charge in [0.05, 0.1) is 7.11 Å². The van der Waals surface area contributed by atoms with Crippen LogP contribution in [0.3, 0.4) is 0 Å². The number of esters is 1. The predicted octanol–water partition coefficient (Wildman–Crippen LogP) is 3.60. The number of benzene rings is 1. The summed E-state index contributed by atoms with van der Waals surface area (Å²) in [7, 11) is 1.20. The molecule has 0 heterocycles. The molecule has 2 unspecified atom stereocenters. The summed E-state index contributed by atoms with van der Waals surface area (Å²) < 4.78 is 10.0. The quantitative estimate of drug-likeness (QED) is 0.423. The number of nitrogens with zero attached hydrogens (tertiary/aromatic N) is 1. The second-order valence-corrected chi connectivity index (χ2v) is 11.4. The van der Waals surface area contributed by atoms with Crippen molar-refractivity contribution in [3.8, 4) is 5.75 Å². The molecule has 2 atom stereocenters. The summed E-state index contributed by atoms with van der Waals surface area (Å²) in [5.74, 6) is -2.02. The van der Waals surface area contributed by atoms with Crippen molar-refractivity contribution < 1.29 is 33.8 Å². The first-order valence-corrected chi connectivity index (χ1v) is 12.3. The third kappa shape index (κ3) is 9.59. The number of phenolic OH excluding ortho intramolecular Hbond substituents is 1. The summed E-state index contributed by atoms with van der Waals surface area (Å²) in [6.45, 7) is 15.5. The number of ether oxygens (including phenoxy) is 2. The third-order valence-corrected chi connectivity index (χ3v) is 5.36. The molecule has 0 aliphatic carbocycles. The number of hydrogen-bond acceptors (Lipinski definition) is 7. The summed E-state index contributed by atoms with van der Waals surface area (Å²) in [6.07, 6.45) is -0.480. The highest BCUT2D eigenvalue weighted by atomic mass is 16.6. The zero-order valence-electron chi connectivity index (χ0n) is 23.7. The van der Waals surface area contributed by atoms with Gasteiger partial charge in [-0.3, -0.25) is 14.4 Å². The van der Waals surface area contributed by atoms with E-state index < -0.39 is 53.6 Å². The predicted molar refractivity (Wildman–Crippen MR) is 140 cm³/mol. The van der Waals surface area contributed by atoms with Crippen LogP contribution < -0.4 is 10.6 Å². The lowest BCUT2D eigenvalue weighted by Gasteiger charge is -2.43. The molecular weight excluding hydrogens is 478 g/mol. The van der Waals surface area contributed by atoms with Crippen molar-refractivity contribution in [2.24, 2.45) is 5.92 Å². The molecule has 10 heteroatoms. The Morgan fingerprint density at radius 3 is 2.14 bits per heavy atom. The molecule has 0 fully saturated rings. The van der Waals surface area contributed by atoms with E-state index in [2.05, 4.69) is 15.4 Å². The van der Waals surface area contributed by atoms with E-state index in [0.29, 0.717) is 5.56 Å². The number of aromatic hydroxyl groups is 1. The van der Waals surface area contributed by atoms with Gasteiger partial charge >= 0.3 is 12.1 Å². The minimum Gasteiger partial charge on any atom is -0.507 e. The van der Waals surface area contributed by atoms with Gasteiger partial charge in [-0.25, -0.2) is 4.79 Å². The normalized spacial score (nSPS) is 13.4. The zero-order chi connectivity index (χ0) is 28.7. The molecule has 1 aromatic rings. The second-order valence-electron chi connectivity index (χ2n) is 11.4. The largest absolute Gasteiger partial charge is 0.507 e. The van der Waals surface area contributed by atoms with Crippen LogP contribution in [0.1, 0.15) is 79.0 Å². The van der Waals surface area contributed by atoms with Gasteiger partial charge in [-0.15, -0.1) is 0 Å². The molecule has 37 heavy (non-hydrogen) atoms. The summed E-state index contributed by atoms with van der Waals surface area (Å²) in [6, 6.07) is 2.57. The van der Waals surface area contributed by atoms with Crippen molar-refractivity contribution in [3.05, 3.63) is 29.3 Å². The van der Waals surface area contributed by atoms with E-state index in [-0.39, 0.29) is 23.7 Å². The molecule has 0 radical (unpaired) electrons. The highest BCUT2D eigenvalue weighted by molar-refractivity contribution is 5.94. The fourth-order valence-electron chi connectivity index (χ4n) is 3.78. The number of hydrogen-bond donors (Lipinski definition) is 3. The van der Waals surface area contributed by atoms with Gasteiger partial charge in [-0.1, -0.05) is 32.0 Å². The molecule has 3 amide bonds. The number of nitrogens with one attached hydrogen (secondary N) is 2. The van der Waals surface area contributed by atoms with Crippen molar-refractivity contribution in [1.82, 2.24) is 15.5 Å². The number of rotatable bonds is 9. The Morgan fingerprint density at radius 2 is 1.65 bits per heavy atom. The number of methoxy groups -OCH3 is 1. The molecule has 1 aromatic carbocycles. The number of carbonyl (C=O) groups excluding carboxylic acids is 4. The fraction of sp³-hybridized carbons (Fsp3) is 0.630. The number of carbonyl (C=O) groups is 4. The van der Waals surface area contributed by atoms with Crippen LogP contribution in [0, 0.1) is 12.8 Å². The maximum atomic E-state index is 14.1. The van der Waals surface area contributed by atoms with Crippen molar-refractivity contribution >= 4 is 23.9 Å². The number of alkyl carbamates (subject to hydrolysis) is 1. The molecule has 3 N–H and O–H groups in total. The van der Waals surface area contributed by atoms with E-state index in [0.717, 1.165) is 0 Å². The van der Waals surface area contributed by atoms with Crippen molar-refractivity contribution in [3.63, 3.8) is 0 Å². The Kier molecular flexibility index (Phi) is 11.0. The summed E-state index contributed by atoms with van der Waals surface area (Å²) in [5.41, 5.74) is -1.02. The standard InChI is InChI=1S/C27H43N3O7/c1-16(2)14-19(29-25(35)37-27(7,8)9)24(34)30(26(4,5)6)21(23(33)28-15-20(31)36-10)18-13-11-12-17(3)22(18)32/h11-13,16,19,21,32H,14-15H2,1-10H3,(H,28,33)(H,29,35). The number of amides is 3. The van der Waals surface area contributed by atoms with Gasteiger partial charge in [-0.2, -0.15) is 0 Å². The van der Waals surface area contributed by atoms with Crippen LogP contribution in [0.2, 0.25) is 0 Å². The summed E-state index contributed by atoms with van der Waals surface area (Å²) >= 11 is 0. The van der Waals surface area contributed by atoms with Crippen LogP contribution in [-0.4, -0.2) is 64.7 Å². The average Bonchev–Trinajstić information content (AvgIpc) is 2.74. The molecule has 0 aliphatic heterocycles. The fourth-order valence-corrected chi connectivity index (χ4v) is 3.78. The van der Waals surface area contributed by atoms with Crippen molar-refractivity contribution in [2.45, 2.75) is 92.0 Å². The Labute approximate surface area is 220 Å². The smallest absolute Gasteiger partial charge is 0.408 e. The minimum atomic E-state index is -1.31. The van der Waals surface area contributed by atoms with Crippen LogP contribution >= 0.6 is 0 Å². The Hall–Kier alpha value is -3.30. The van der Waals surface area contributed by atoms with E-state index in [4.69, 9.17) is 4.74 Å². The lowest BCUT2D eigenvalue weighted by molar-refractivity contribution is -0.149. The molecule has 0 saturated carbocycles. The lowest BCUT2D eigenvalue weighted by atomic mass is 9.92. The van der Waals surface area contributed by atoms with E-state index in [1.54, 1.807) is 66.7 Å². The first-order chi connectivity index (χ1) is 16.9. The molecule has 1 rings (SSSR count). The zero-order valence-corrected chi connectivity index (χ0v) is 23.7. The average molecular weight is 522 g/mol. The van der Waals surface area contributed by atoms with E-state index in [1.165, 1.54) is 12.0 Å². The Balaban J connectivity index is 3.64. The summed E-state index contributed by atoms with van der Waals surface area (Å²) in [5, 5.41) is 16.1. The second kappa shape index (κ2) is 12.8. The van der Waals surface area contributed by atoms with Crippen LogP contribution in [0.5, 0.6) is 5.75 Å². The van der Waals surface area contributed by atoms with Crippen LogP contribution in [-0.2, 0) is 23.9 Å². The van der Waals surface area contributed by atoms with E-state index in [9.17, 15) is 24.3 Å².